The van der Waals surface area contributed by atoms with Gasteiger partial charge < -0.3 is 19.5 Å². The average molecular weight is 274 g/mol. The first kappa shape index (κ1) is 16.2. The second-order valence-electron chi connectivity index (χ2n) is 6.30. The van der Waals surface area contributed by atoms with Crippen LogP contribution in [0.5, 0.6) is 0 Å². The van der Waals surface area contributed by atoms with Gasteiger partial charge in [-0.3, -0.25) is 4.90 Å². The Balaban J connectivity index is 2.89. The number of ether oxygens (including phenoxy) is 2. The molecule has 112 valence electrons. The molecule has 1 saturated heterocycles. The molecule has 1 atom stereocenters. The maximum absolute atomic E-state index is 12.3. The van der Waals surface area contributed by atoms with Crippen LogP contribution in [0.1, 0.15) is 20.8 Å². The van der Waals surface area contributed by atoms with Crippen LogP contribution in [0.2, 0.25) is 0 Å². The quantitative estimate of drug-likeness (QED) is 0.814. The van der Waals surface area contributed by atoms with Crippen molar-refractivity contribution >= 4 is 6.09 Å². The molecule has 0 spiro atoms. The van der Waals surface area contributed by atoms with E-state index in [0.717, 1.165) is 0 Å². The van der Waals surface area contributed by atoms with Gasteiger partial charge in [0.1, 0.15) is 11.1 Å². The van der Waals surface area contributed by atoms with Gasteiger partial charge in [-0.05, 0) is 34.9 Å². The van der Waals surface area contributed by atoms with Crippen molar-refractivity contribution in [3.63, 3.8) is 0 Å². The number of likely N-dealkylation sites (N-methyl/N-ethyl adjacent to an activating group) is 1. The first-order valence-electron chi connectivity index (χ1n) is 6.54. The number of carbonyl (C=O) groups is 1. The Labute approximate surface area is 115 Å². The van der Waals surface area contributed by atoms with Crippen LogP contribution >= 0.6 is 0 Å². The van der Waals surface area contributed by atoms with E-state index in [0.29, 0.717) is 26.3 Å². The van der Waals surface area contributed by atoms with Gasteiger partial charge in [0, 0.05) is 13.1 Å². The predicted octanol–water partition coefficient (Wildman–Crippen LogP) is 0.546. The highest BCUT2D eigenvalue weighted by atomic mass is 16.6. The van der Waals surface area contributed by atoms with E-state index in [1.807, 2.05) is 39.8 Å². The molecule has 1 aliphatic heterocycles. The smallest absolute Gasteiger partial charge is 0.411 e. The van der Waals surface area contributed by atoms with Crippen molar-refractivity contribution in [3.8, 4) is 0 Å². The Morgan fingerprint density at radius 1 is 1.47 bits per heavy atom. The summed E-state index contributed by atoms with van der Waals surface area (Å²) < 4.78 is 10.9. The number of aliphatic hydroxyl groups excluding tert-OH is 1. The minimum Gasteiger partial charge on any atom is -0.444 e. The summed E-state index contributed by atoms with van der Waals surface area (Å²) in [6.07, 6.45) is -0.397. The Hall–Kier alpha value is -0.850. The van der Waals surface area contributed by atoms with E-state index in [1.165, 1.54) is 0 Å². The monoisotopic (exact) mass is 274 g/mol. The molecule has 6 heteroatoms. The number of carbonyl (C=O) groups excluding carboxylic acids is 1. The summed E-state index contributed by atoms with van der Waals surface area (Å²) in [5.74, 6) is 0. The maximum atomic E-state index is 12.3. The number of hydrogen-bond donors (Lipinski definition) is 1. The normalized spacial score (nSPS) is 24.7. The van der Waals surface area contributed by atoms with Crippen LogP contribution in [-0.4, -0.2) is 79.1 Å². The standard InChI is InChI=1S/C13H26N2O4/c1-12(2,3)19-11(17)15-6-7-18-10-13(15,9-16)8-14(4)5/h16H,6-10H2,1-5H3. The molecule has 0 saturated carbocycles. The highest BCUT2D eigenvalue weighted by Gasteiger charge is 2.44. The molecular weight excluding hydrogens is 248 g/mol. The highest BCUT2D eigenvalue weighted by molar-refractivity contribution is 5.69. The molecule has 1 heterocycles. The van der Waals surface area contributed by atoms with Crippen LogP contribution in [-0.2, 0) is 9.47 Å². The van der Waals surface area contributed by atoms with Crippen LogP contribution in [0, 0.1) is 0 Å². The predicted molar refractivity (Wildman–Crippen MR) is 72.1 cm³/mol. The molecule has 1 unspecified atom stereocenters. The zero-order chi connectivity index (χ0) is 14.7. The molecule has 1 amide bonds. The highest BCUT2D eigenvalue weighted by Crippen LogP contribution is 2.23. The van der Waals surface area contributed by atoms with E-state index in [9.17, 15) is 9.90 Å². The fourth-order valence-electron chi connectivity index (χ4n) is 2.24. The molecule has 6 nitrogen and oxygen atoms in total. The molecule has 0 aromatic carbocycles. The number of rotatable bonds is 3. The minimum atomic E-state index is -0.732. The van der Waals surface area contributed by atoms with Gasteiger partial charge in [-0.25, -0.2) is 4.79 Å². The first-order valence-corrected chi connectivity index (χ1v) is 6.54. The Morgan fingerprint density at radius 2 is 2.11 bits per heavy atom. The summed E-state index contributed by atoms with van der Waals surface area (Å²) in [5, 5.41) is 9.75. The van der Waals surface area contributed by atoms with Crippen LogP contribution in [0.25, 0.3) is 0 Å². The summed E-state index contributed by atoms with van der Waals surface area (Å²) in [7, 11) is 3.80. The van der Waals surface area contributed by atoms with Crippen LogP contribution in [0.15, 0.2) is 0 Å². The fourth-order valence-corrected chi connectivity index (χ4v) is 2.24. The average Bonchev–Trinajstić information content (AvgIpc) is 2.26. The minimum absolute atomic E-state index is 0.148. The molecule has 1 fully saturated rings. The summed E-state index contributed by atoms with van der Waals surface area (Å²) >= 11 is 0. The number of nitrogens with zero attached hydrogens (tertiary/aromatic N) is 2. The van der Waals surface area contributed by atoms with E-state index in [4.69, 9.17) is 9.47 Å². The third-order valence-corrected chi connectivity index (χ3v) is 2.92. The van der Waals surface area contributed by atoms with Gasteiger partial charge in [0.05, 0.1) is 19.8 Å². The van der Waals surface area contributed by atoms with Crippen molar-refractivity contribution in [1.29, 1.82) is 0 Å². The summed E-state index contributed by atoms with van der Waals surface area (Å²) in [4.78, 5) is 15.8. The molecule has 1 aliphatic rings. The van der Waals surface area contributed by atoms with Crippen LogP contribution < -0.4 is 0 Å². The van der Waals surface area contributed by atoms with E-state index in [2.05, 4.69) is 0 Å². The van der Waals surface area contributed by atoms with Gasteiger partial charge >= 0.3 is 6.09 Å². The lowest BCUT2D eigenvalue weighted by Crippen LogP contribution is -2.65. The Bertz CT molecular complexity index is 314. The van der Waals surface area contributed by atoms with E-state index in [1.54, 1.807) is 4.90 Å². The molecule has 0 aromatic rings. The lowest BCUT2D eigenvalue weighted by Gasteiger charge is -2.46. The summed E-state index contributed by atoms with van der Waals surface area (Å²) in [6.45, 7) is 7.10. The molecule has 0 bridgehead atoms. The molecule has 0 aliphatic carbocycles. The topological polar surface area (TPSA) is 62.2 Å². The third kappa shape index (κ3) is 4.33. The van der Waals surface area contributed by atoms with Crippen LogP contribution in [0.3, 0.4) is 0 Å². The second kappa shape index (κ2) is 6.07. The van der Waals surface area contributed by atoms with Crippen molar-refractivity contribution in [1.82, 2.24) is 9.80 Å². The first-order chi connectivity index (χ1) is 8.70. The van der Waals surface area contributed by atoms with Gasteiger partial charge in [-0.15, -0.1) is 0 Å². The van der Waals surface area contributed by atoms with Crippen molar-refractivity contribution in [2.45, 2.75) is 31.9 Å². The number of amides is 1. The molecule has 0 radical (unpaired) electrons. The van der Waals surface area contributed by atoms with Crippen molar-refractivity contribution in [2.24, 2.45) is 0 Å². The van der Waals surface area contributed by atoms with Crippen molar-refractivity contribution < 1.29 is 19.4 Å². The zero-order valence-corrected chi connectivity index (χ0v) is 12.6. The largest absolute Gasteiger partial charge is 0.444 e. The van der Waals surface area contributed by atoms with E-state index in [-0.39, 0.29) is 6.61 Å². The SMILES string of the molecule is CN(C)CC1(CO)COCCN1C(=O)OC(C)(C)C. The number of aliphatic hydroxyl groups is 1. The lowest BCUT2D eigenvalue weighted by atomic mass is 9.97. The molecule has 1 rings (SSSR count). The zero-order valence-electron chi connectivity index (χ0n) is 12.6. The maximum Gasteiger partial charge on any atom is 0.411 e. The van der Waals surface area contributed by atoms with E-state index < -0.39 is 17.2 Å². The lowest BCUT2D eigenvalue weighted by molar-refractivity contribution is -0.0998. The molecule has 19 heavy (non-hydrogen) atoms. The van der Waals surface area contributed by atoms with Gasteiger partial charge in [0.25, 0.3) is 0 Å². The Morgan fingerprint density at radius 3 is 2.58 bits per heavy atom. The third-order valence-electron chi connectivity index (χ3n) is 2.92. The Kier molecular flexibility index (Phi) is 5.18. The van der Waals surface area contributed by atoms with Crippen molar-refractivity contribution in [2.75, 3.05) is 47.0 Å². The number of hydrogen-bond acceptors (Lipinski definition) is 5. The van der Waals surface area contributed by atoms with Crippen LogP contribution in [0.4, 0.5) is 4.79 Å². The van der Waals surface area contributed by atoms with Gasteiger partial charge in [-0.1, -0.05) is 0 Å². The molecular formula is C13H26N2O4. The number of morpholine rings is 1. The van der Waals surface area contributed by atoms with Gasteiger partial charge in [0.2, 0.25) is 0 Å². The summed E-state index contributed by atoms with van der Waals surface area (Å²) in [6, 6.07) is 0. The fraction of sp³-hybridized carbons (Fsp3) is 0.923. The van der Waals surface area contributed by atoms with E-state index >= 15 is 0 Å². The second-order valence-corrected chi connectivity index (χ2v) is 6.30. The van der Waals surface area contributed by atoms with Crippen molar-refractivity contribution in [3.05, 3.63) is 0 Å². The van der Waals surface area contributed by atoms with Gasteiger partial charge in [-0.2, -0.15) is 0 Å². The van der Waals surface area contributed by atoms with Gasteiger partial charge in [0.15, 0.2) is 0 Å². The summed E-state index contributed by atoms with van der Waals surface area (Å²) in [5.41, 5.74) is -1.28. The molecule has 0 aromatic heterocycles. The molecule has 1 N–H and O–H groups in total.